The van der Waals surface area contributed by atoms with E-state index in [9.17, 15) is 9.59 Å². The van der Waals surface area contributed by atoms with Crippen LogP contribution in [0.3, 0.4) is 0 Å². The first kappa shape index (κ1) is 8.49. The highest BCUT2D eigenvalue weighted by atomic mass is 16.4. The van der Waals surface area contributed by atoms with E-state index in [1.165, 1.54) is 12.4 Å². The molecule has 0 aromatic heterocycles. The Labute approximate surface area is 79.2 Å². The molecular weight excluding hydrogens is 186 g/mol. The van der Waals surface area contributed by atoms with E-state index in [4.69, 9.17) is 5.11 Å². The van der Waals surface area contributed by atoms with Gasteiger partial charge in [0, 0.05) is 12.4 Å². The molecule has 0 radical (unpaired) electrons. The molecule has 2 aliphatic rings. The summed E-state index contributed by atoms with van der Waals surface area (Å²) >= 11 is 0. The van der Waals surface area contributed by atoms with E-state index in [1.54, 1.807) is 12.2 Å². The number of nitrogens with one attached hydrogen (secondary N) is 1. The van der Waals surface area contributed by atoms with Gasteiger partial charge in [0.15, 0.2) is 0 Å². The Morgan fingerprint density at radius 1 is 1.64 bits per heavy atom. The zero-order valence-electron chi connectivity index (χ0n) is 7.04. The molecule has 0 fully saturated rings. The van der Waals surface area contributed by atoms with Gasteiger partial charge < -0.3 is 10.4 Å². The zero-order chi connectivity index (χ0) is 10.1. The van der Waals surface area contributed by atoms with Crippen LogP contribution in [0.25, 0.3) is 0 Å². The minimum absolute atomic E-state index is 0.311. The van der Waals surface area contributed by atoms with Crippen LogP contribution in [0.1, 0.15) is 0 Å². The normalized spacial score (nSPS) is 24.0. The SMILES string of the molecule is O=C(O)C1=CNC2C=CC=NN2C1=O. The van der Waals surface area contributed by atoms with Gasteiger partial charge in [-0.2, -0.15) is 5.10 Å². The number of carbonyl (C=O) groups is 2. The number of carbonyl (C=O) groups excluding carboxylic acids is 1. The Morgan fingerprint density at radius 3 is 3.14 bits per heavy atom. The average molecular weight is 193 g/mol. The molecule has 0 saturated heterocycles. The fraction of sp³-hybridized carbons (Fsp3) is 0.125. The van der Waals surface area contributed by atoms with E-state index in [0.717, 1.165) is 5.01 Å². The van der Waals surface area contributed by atoms with Crippen LogP contribution in [0.2, 0.25) is 0 Å². The molecule has 2 rings (SSSR count). The zero-order valence-corrected chi connectivity index (χ0v) is 7.04. The molecule has 14 heavy (non-hydrogen) atoms. The highest BCUT2D eigenvalue weighted by molar-refractivity contribution is 6.16. The van der Waals surface area contributed by atoms with Gasteiger partial charge in [0.25, 0.3) is 5.91 Å². The lowest BCUT2D eigenvalue weighted by Gasteiger charge is -2.30. The van der Waals surface area contributed by atoms with Crippen molar-refractivity contribution < 1.29 is 14.7 Å². The van der Waals surface area contributed by atoms with E-state index in [-0.39, 0.29) is 11.7 Å². The summed E-state index contributed by atoms with van der Waals surface area (Å²) in [7, 11) is 0. The van der Waals surface area contributed by atoms with Gasteiger partial charge >= 0.3 is 5.97 Å². The Kier molecular flexibility index (Phi) is 1.81. The van der Waals surface area contributed by atoms with Gasteiger partial charge in [0.05, 0.1) is 0 Å². The molecule has 0 bridgehead atoms. The molecule has 0 saturated carbocycles. The van der Waals surface area contributed by atoms with Crippen LogP contribution in [0, 0.1) is 0 Å². The summed E-state index contributed by atoms with van der Waals surface area (Å²) in [5, 5.41) is 16.3. The fourth-order valence-corrected chi connectivity index (χ4v) is 1.23. The number of fused-ring (bicyclic) bond motifs is 1. The standard InChI is InChI=1S/C8H7N3O3/c12-7-5(8(13)14)4-9-6-2-1-3-10-11(6)7/h1-4,6,9H,(H,13,14). The molecule has 1 amide bonds. The summed E-state index contributed by atoms with van der Waals surface area (Å²) in [5.41, 5.74) is -0.311. The van der Waals surface area contributed by atoms with Gasteiger partial charge in [0.1, 0.15) is 11.7 Å². The topological polar surface area (TPSA) is 82.0 Å². The lowest BCUT2D eigenvalue weighted by Crippen LogP contribution is -2.49. The van der Waals surface area contributed by atoms with E-state index in [1.807, 2.05) is 0 Å². The highest BCUT2D eigenvalue weighted by Crippen LogP contribution is 2.14. The molecule has 1 atom stereocenters. The molecule has 0 aromatic rings. The Morgan fingerprint density at radius 2 is 2.43 bits per heavy atom. The summed E-state index contributed by atoms with van der Waals surface area (Å²) in [6.07, 6.45) is 5.63. The lowest BCUT2D eigenvalue weighted by atomic mass is 10.2. The third-order valence-corrected chi connectivity index (χ3v) is 1.90. The Hall–Kier alpha value is -2.11. The largest absolute Gasteiger partial charge is 0.477 e. The second kappa shape index (κ2) is 2.99. The monoisotopic (exact) mass is 193 g/mol. The number of allylic oxidation sites excluding steroid dienone is 1. The summed E-state index contributed by atoms with van der Waals surface area (Å²) in [6, 6.07) is 0. The van der Waals surface area contributed by atoms with Crippen molar-refractivity contribution in [2.45, 2.75) is 6.17 Å². The van der Waals surface area contributed by atoms with Gasteiger partial charge in [-0.15, -0.1) is 0 Å². The maximum atomic E-state index is 11.5. The molecule has 72 valence electrons. The maximum Gasteiger partial charge on any atom is 0.342 e. The van der Waals surface area contributed by atoms with Crippen LogP contribution >= 0.6 is 0 Å². The van der Waals surface area contributed by atoms with Crippen molar-refractivity contribution in [3.8, 4) is 0 Å². The number of hydrogen-bond donors (Lipinski definition) is 2. The third-order valence-electron chi connectivity index (χ3n) is 1.90. The number of carboxylic acid groups (broad SMARTS) is 1. The van der Waals surface area contributed by atoms with Crippen LogP contribution in [-0.2, 0) is 9.59 Å². The molecule has 0 aliphatic carbocycles. The number of rotatable bonds is 1. The van der Waals surface area contributed by atoms with E-state index in [2.05, 4.69) is 10.4 Å². The summed E-state index contributed by atoms with van der Waals surface area (Å²) < 4.78 is 0. The number of hydrogen-bond acceptors (Lipinski definition) is 4. The summed E-state index contributed by atoms with van der Waals surface area (Å²) in [4.78, 5) is 22.1. The van der Waals surface area contributed by atoms with Crippen molar-refractivity contribution in [2.75, 3.05) is 0 Å². The maximum absolute atomic E-state index is 11.5. The van der Waals surface area contributed by atoms with Gasteiger partial charge in [-0.3, -0.25) is 4.79 Å². The molecule has 0 aromatic carbocycles. The Bertz CT molecular complexity index is 383. The first-order chi connectivity index (χ1) is 6.70. The third kappa shape index (κ3) is 1.17. The van der Waals surface area contributed by atoms with Gasteiger partial charge in [-0.05, 0) is 12.2 Å². The predicted octanol–water partition coefficient (Wildman–Crippen LogP) is -0.732. The van der Waals surface area contributed by atoms with Crippen molar-refractivity contribution in [1.82, 2.24) is 10.3 Å². The van der Waals surface area contributed by atoms with Crippen LogP contribution in [0.5, 0.6) is 0 Å². The van der Waals surface area contributed by atoms with Crippen molar-refractivity contribution in [1.29, 1.82) is 0 Å². The number of amides is 1. The summed E-state index contributed by atoms with van der Waals surface area (Å²) in [6.45, 7) is 0. The number of hydrazone groups is 1. The van der Waals surface area contributed by atoms with E-state index < -0.39 is 11.9 Å². The molecule has 2 aliphatic heterocycles. The predicted molar refractivity (Wildman–Crippen MR) is 47.1 cm³/mol. The van der Waals surface area contributed by atoms with Crippen molar-refractivity contribution >= 4 is 18.1 Å². The number of nitrogens with zero attached hydrogens (tertiary/aromatic N) is 2. The van der Waals surface area contributed by atoms with Crippen LogP contribution in [0.4, 0.5) is 0 Å². The first-order valence-corrected chi connectivity index (χ1v) is 3.94. The Balaban J connectivity index is 2.33. The smallest absolute Gasteiger partial charge is 0.342 e. The van der Waals surface area contributed by atoms with Crippen LogP contribution in [0.15, 0.2) is 29.0 Å². The first-order valence-electron chi connectivity index (χ1n) is 3.94. The molecular formula is C8H7N3O3. The lowest BCUT2D eigenvalue weighted by molar-refractivity contribution is -0.139. The minimum atomic E-state index is -1.26. The number of aliphatic carboxylic acids is 1. The van der Waals surface area contributed by atoms with Gasteiger partial charge in [0.2, 0.25) is 0 Å². The summed E-state index contributed by atoms with van der Waals surface area (Å²) in [5.74, 6) is -1.87. The quantitative estimate of drug-likeness (QED) is 0.538. The number of carboxylic acids is 1. The molecule has 0 spiro atoms. The minimum Gasteiger partial charge on any atom is -0.477 e. The van der Waals surface area contributed by atoms with Crippen molar-refractivity contribution in [2.24, 2.45) is 5.10 Å². The highest BCUT2D eigenvalue weighted by Gasteiger charge is 2.32. The van der Waals surface area contributed by atoms with Crippen molar-refractivity contribution in [3.05, 3.63) is 23.9 Å². The van der Waals surface area contributed by atoms with Crippen molar-refractivity contribution in [3.63, 3.8) is 0 Å². The molecule has 1 unspecified atom stereocenters. The van der Waals surface area contributed by atoms with Crippen LogP contribution < -0.4 is 5.32 Å². The molecule has 6 nitrogen and oxygen atoms in total. The van der Waals surface area contributed by atoms with Gasteiger partial charge in [-0.1, -0.05) is 0 Å². The van der Waals surface area contributed by atoms with E-state index in [0.29, 0.717) is 0 Å². The van der Waals surface area contributed by atoms with E-state index >= 15 is 0 Å². The molecule has 2 N–H and O–H groups in total. The molecule has 6 heteroatoms. The fourth-order valence-electron chi connectivity index (χ4n) is 1.23. The second-order valence-electron chi connectivity index (χ2n) is 2.77. The molecule has 2 heterocycles. The average Bonchev–Trinajstić information content (AvgIpc) is 2.18. The van der Waals surface area contributed by atoms with Crippen LogP contribution in [-0.4, -0.2) is 34.4 Å². The van der Waals surface area contributed by atoms with Gasteiger partial charge in [-0.25, -0.2) is 9.80 Å². The second-order valence-corrected chi connectivity index (χ2v) is 2.77.